The zero-order valence-electron chi connectivity index (χ0n) is 11.4. The molecule has 2 nitrogen and oxygen atoms in total. The van der Waals surface area contributed by atoms with Crippen LogP contribution in [0.4, 0.5) is 0 Å². The first-order valence-corrected chi connectivity index (χ1v) is 7.40. The van der Waals surface area contributed by atoms with E-state index >= 15 is 0 Å². The molecule has 2 N–H and O–H groups in total. The van der Waals surface area contributed by atoms with E-state index in [2.05, 4.69) is 38.7 Å². The first-order valence-electron chi connectivity index (χ1n) is 6.59. The van der Waals surface area contributed by atoms with E-state index in [0.29, 0.717) is 18.1 Å². The molecule has 0 aromatic carbocycles. The van der Waals surface area contributed by atoms with Crippen molar-refractivity contribution in [3.8, 4) is 0 Å². The van der Waals surface area contributed by atoms with Gasteiger partial charge in [0.25, 0.3) is 0 Å². The number of hydrogen-bond acceptors (Lipinski definition) is 3. The molecule has 2 rings (SSSR count). The molecule has 0 spiro atoms. The lowest BCUT2D eigenvalue weighted by Crippen LogP contribution is -2.48. The third-order valence-corrected chi connectivity index (χ3v) is 4.76. The maximum Gasteiger partial charge on any atom is 0.0512 e. The van der Waals surface area contributed by atoms with Gasteiger partial charge in [0.2, 0.25) is 0 Å². The lowest BCUT2D eigenvalue weighted by molar-refractivity contribution is 0.0946. The third kappa shape index (κ3) is 2.56. The normalized spacial score (nSPS) is 26.7. The summed E-state index contributed by atoms with van der Waals surface area (Å²) >= 11 is 1.90. The lowest BCUT2D eigenvalue weighted by atomic mass is 9.90. The van der Waals surface area contributed by atoms with Gasteiger partial charge in [-0.3, -0.25) is 4.90 Å². The van der Waals surface area contributed by atoms with E-state index in [-0.39, 0.29) is 0 Å². The fraction of sp³-hybridized carbons (Fsp3) is 0.714. The van der Waals surface area contributed by atoms with Gasteiger partial charge >= 0.3 is 0 Å². The summed E-state index contributed by atoms with van der Waals surface area (Å²) in [7, 11) is 0. The second-order valence-electron chi connectivity index (χ2n) is 5.45. The highest BCUT2D eigenvalue weighted by atomic mass is 32.1. The molecule has 2 heterocycles. The molecule has 1 saturated heterocycles. The fourth-order valence-electron chi connectivity index (χ4n) is 2.99. The Morgan fingerprint density at radius 3 is 2.65 bits per heavy atom. The Bertz CT molecular complexity index is 384. The smallest absolute Gasteiger partial charge is 0.0512 e. The van der Waals surface area contributed by atoms with Gasteiger partial charge in [-0.25, -0.2) is 0 Å². The van der Waals surface area contributed by atoms with Crippen molar-refractivity contribution in [3.63, 3.8) is 0 Å². The second kappa shape index (κ2) is 5.09. The standard InChI is InChI=1S/C14H24N2S/c1-9(2)16-7-5-6-13(15)14(16)12-8-10(3)17-11(12)4/h8-9,13-14H,5-7,15H2,1-4H3. The molecule has 1 aromatic heterocycles. The SMILES string of the molecule is Cc1cc(C2C(N)CCCN2C(C)C)c(C)s1. The quantitative estimate of drug-likeness (QED) is 0.875. The van der Waals surface area contributed by atoms with Crippen molar-refractivity contribution in [1.29, 1.82) is 0 Å². The Morgan fingerprint density at radius 1 is 1.41 bits per heavy atom. The predicted octanol–water partition coefficient (Wildman–Crippen LogP) is 3.24. The van der Waals surface area contributed by atoms with Crippen molar-refractivity contribution in [2.75, 3.05) is 6.54 Å². The predicted molar refractivity (Wildman–Crippen MR) is 75.6 cm³/mol. The molecule has 0 radical (unpaired) electrons. The highest BCUT2D eigenvalue weighted by Gasteiger charge is 2.33. The van der Waals surface area contributed by atoms with E-state index in [1.165, 1.54) is 28.3 Å². The van der Waals surface area contributed by atoms with Crippen molar-refractivity contribution in [2.24, 2.45) is 5.73 Å². The first-order chi connectivity index (χ1) is 8.00. The summed E-state index contributed by atoms with van der Waals surface area (Å²) in [6.07, 6.45) is 2.39. The summed E-state index contributed by atoms with van der Waals surface area (Å²) in [4.78, 5) is 5.41. The van der Waals surface area contributed by atoms with Crippen molar-refractivity contribution in [2.45, 2.75) is 58.7 Å². The molecule has 17 heavy (non-hydrogen) atoms. The van der Waals surface area contributed by atoms with Gasteiger partial charge in [-0.1, -0.05) is 0 Å². The zero-order chi connectivity index (χ0) is 12.6. The van der Waals surface area contributed by atoms with E-state index < -0.39 is 0 Å². The van der Waals surface area contributed by atoms with Gasteiger partial charge in [0.1, 0.15) is 0 Å². The first kappa shape index (κ1) is 13.1. The molecule has 0 bridgehead atoms. The fourth-order valence-corrected chi connectivity index (χ4v) is 3.95. The van der Waals surface area contributed by atoms with Crippen molar-refractivity contribution in [1.82, 2.24) is 4.90 Å². The molecule has 96 valence electrons. The molecule has 3 heteroatoms. The number of thiophene rings is 1. The van der Waals surface area contributed by atoms with Gasteiger partial charge in [0, 0.05) is 21.8 Å². The molecule has 1 aromatic rings. The number of rotatable bonds is 2. The minimum Gasteiger partial charge on any atom is -0.326 e. The highest BCUT2D eigenvalue weighted by molar-refractivity contribution is 7.12. The van der Waals surface area contributed by atoms with Crippen LogP contribution >= 0.6 is 11.3 Å². The van der Waals surface area contributed by atoms with Crippen LogP contribution in [0.5, 0.6) is 0 Å². The minimum absolute atomic E-state index is 0.291. The molecule has 1 aliphatic heterocycles. The van der Waals surface area contributed by atoms with Crippen LogP contribution in [-0.2, 0) is 0 Å². The van der Waals surface area contributed by atoms with E-state index in [9.17, 15) is 0 Å². The summed E-state index contributed by atoms with van der Waals surface area (Å²) in [5.74, 6) is 0. The van der Waals surface area contributed by atoms with Crippen LogP contribution in [0.2, 0.25) is 0 Å². The Kier molecular flexibility index (Phi) is 3.91. The molecule has 1 fully saturated rings. The average Bonchev–Trinajstić information content (AvgIpc) is 2.57. The molecule has 0 aliphatic carbocycles. The van der Waals surface area contributed by atoms with Gasteiger partial charge in [0.05, 0.1) is 6.04 Å². The van der Waals surface area contributed by atoms with Gasteiger partial charge in [0.15, 0.2) is 0 Å². The summed E-state index contributed by atoms with van der Waals surface area (Å²) in [5, 5.41) is 0. The molecule has 0 amide bonds. The number of hydrogen-bond donors (Lipinski definition) is 1. The average molecular weight is 252 g/mol. The van der Waals surface area contributed by atoms with Gasteiger partial charge in [-0.15, -0.1) is 11.3 Å². The third-order valence-electron chi connectivity index (χ3n) is 3.78. The number of piperidine rings is 1. The largest absolute Gasteiger partial charge is 0.326 e. The molecule has 2 atom stereocenters. The molecular formula is C14H24N2S. The zero-order valence-corrected chi connectivity index (χ0v) is 12.2. The van der Waals surface area contributed by atoms with Crippen molar-refractivity contribution < 1.29 is 0 Å². The van der Waals surface area contributed by atoms with E-state index in [0.717, 1.165) is 6.42 Å². The molecule has 2 unspecified atom stereocenters. The van der Waals surface area contributed by atoms with Crippen LogP contribution in [0.3, 0.4) is 0 Å². The summed E-state index contributed by atoms with van der Waals surface area (Å²) in [6.45, 7) is 10.2. The Labute approximate surface area is 109 Å². The summed E-state index contributed by atoms with van der Waals surface area (Å²) in [6, 6.07) is 3.63. The number of nitrogens with zero attached hydrogens (tertiary/aromatic N) is 1. The second-order valence-corrected chi connectivity index (χ2v) is 6.91. The van der Waals surface area contributed by atoms with E-state index in [1.807, 2.05) is 11.3 Å². The summed E-state index contributed by atoms with van der Waals surface area (Å²) < 4.78 is 0. The lowest BCUT2D eigenvalue weighted by Gasteiger charge is -2.42. The number of likely N-dealkylation sites (tertiary alicyclic amines) is 1. The summed E-state index contributed by atoms with van der Waals surface area (Å²) in [5.41, 5.74) is 7.85. The topological polar surface area (TPSA) is 29.3 Å². The highest BCUT2D eigenvalue weighted by Crippen LogP contribution is 2.36. The van der Waals surface area contributed by atoms with Crippen molar-refractivity contribution >= 4 is 11.3 Å². The Hall–Kier alpha value is -0.380. The molecular weight excluding hydrogens is 228 g/mol. The Morgan fingerprint density at radius 2 is 2.12 bits per heavy atom. The maximum absolute atomic E-state index is 6.38. The van der Waals surface area contributed by atoms with Crippen LogP contribution in [0.15, 0.2) is 6.07 Å². The van der Waals surface area contributed by atoms with E-state index in [1.54, 1.807) is 0 Å². The van der Waals surface area contributed by atoms with Crippen LogP contribution < -0.4 is 5.73 Å². The van der Waals surface area contributed by atoms with Crippen LogP contribution in [-0.4, -0.2) is 23.5 Å². The monoisotopic (exact) mass is 252 g/mol. The van der Waals surface area contributed by atoms with E-state index in [4.69, 9.17) is 5.73 Å². The Balaban J connectivity index is 2.34. The van der Waals surface area contributed by atoms with Gasteiger partial charge in [-0.2, -0.15) is 0 Å². The maximum atomic E-state index is 6.38. The van der Waals surface area contributed by atoms with Crippen LogP contribution in [0.1, 0.15) is 48.0 Å². The van der Waals surface area contributed by atoms with Gasteiger partial charge in [-0.05, 0) is 58.7 Å². The molecule has 0 saturated carbocycles. The van der Waals surface area contributed by atoms with Crippen molar-refractivity contribution in [3.05, 3.63) is 21.4 Å². The number of nitrogens with two attached hydrogens (primary N) is 1. The van der Waals surface area contributed by atoms with Crippen LogP contribution in [0, 0.1) is 13.8 Å². The number of aryl methyl sites for hydroxylation is 2. The van der Waals surface area contributed by atoms with Crippen LogP contribution in [0.25, 0.3) is 0 Å². The van der Waals surface area contributed by atoms with Gasteiger partial charge < -0.3 is 5.73 Å². The minimum atomic E-state index is 0.291. The molecule has 1 aliphatic rings.